The summed E-state index contributed by atoms with van der Waals surface area (Å²) < 4.78 is 4.88. The number of amides is 5. The lowest BCUT2D eigenvalue weighted by Gasteiger charge is -2.28. The summed E-state index contributed by atoms with van der Waals surface area (Å²) in [4.78, 5) is 53.3. The molecule has 3 aromatic carbocycles. The molecule has 0 unspecified atom stereocenters. The molecule has 0 saturated heterocycles. The van der Waals surface area contributed by atoms with Crippen molar-refractivity contribution in [1.29, 1.82) is 0 Å². The van der Waals surface area contributed by atoms with Gasteiger partial charge < -0.3 is 26.0 Å². The second-order valence-corrected chi connectivity index (χ2v) is 11.1. The molecule has 0 fully saturated rings. The van der Waals surface area contributed by atoms with Gasteiger partial charge in [0.05, 0.1) is 18.7 Å². The number of anilines is 1. The maximum Gasteiger partial charge on any atom is 0.417 e. The van der Waals surface area contributed by atoms with Gasteiger partial charge in [-0.15, -0.1) is 0 Å². The van der Waals surface area contributed by atoms with E-state index in [1.54, 1.807) is 25.7 Å². The van der Waals surface area contributed by atoms with E-state index < -0.39 is 23.7 Å². The van der Waals surface area contributed by atoms with Crippen molar-refractivity contribution in [3.05, 3.63) is 89.5 Å². The number of carbonyl (C=O) groups is 4. The first-order valence-corrected chi connectivity index (χ1v) is 14.3. The number of nitrogens with zero attached hydrogens (tertiary/aromatic N) is 2. The largest absolute Gasteiger partial charge is 0.449 e. The number of nitrogens with two attached hydrogens (primary N) is 1. The highest BCUT2D eigenvalue weighted by atomic mass is 16.6. The average Bonchev–Trinajstić information content (AvgIpc) is 3.12. The van der Waals surface area contributed by atoms with Gasteiger partial charge in [-0.1, -0.05) is 66.7 Å². The fraction of sp³-hybridized carbons (Fsp3) is 0.333. The molecule has 1 aliphatic heterocycles. The van der Waals surface area contributed by atoms with Gasteiger partial charge in [0.25, 0.3) is 0 Å². The molecule has 1 atom stereocenters. The van der Waals surface area contributed by atoms with E-state index in [9.17, 15) is 19.2 Å². The van der Waals surface area contributed by atoms with Crippen molar-refractivity contribution in [3.8, 4) is 11.1 Å². The average molecular weight is 586 g/mol. The van der Waals surface area contributed by atoms with Gasteiger partial charge in [0.15, 0.2) is 0 Å². The third-order valence-electron chi connectivity index (χ3n) is 7.34. The third-order valence-corrected chi connectivity index (χ3v) is 7.34. The Kier molecular flexibility index (Phi) is 9.82. The quantitative estimate of drug-likeness (QED) is 0.360. The van der Waals surface area contributed by atoms with Crippen LogP contribution in [0.15, 0.2) is 72.8 Å². The van der Waals surface area contributed by atoms with E-state index in [2.05, 4.69) is 10.6 Å². The minimum Gasteiger partial charge on any atom is -0.449 e. The van der Waals surface area contributed by atoms with Crippen molar-refractivity contribution in [3.63, 3.8) is 0 Å². The minimum absolute atomic E-state index is 0.178. The number of imide groups is 1. The van der Waals surface area contributed by atoms with Crippen LogP contribution in [0.5, 0.6) is 0 Å². The van der Waals surface area contributed by atoms with Crippen molar-refractivity contribution >= 4 is 29.6 Å². The van der Waals surface area contributed by atoms with Crippen molar-refractivity contribution < 1.29 is 23.9 Å². The van der Waals surface area contributed by atoms with Gasteiger partial charge in [-0.25, -0.2) is 14.5 Å². The molecule has 0 aliphatic carbocycles. The van der Waals surface area contributed by atoms with Crippen molar-refractivity contribution in [2.75, 3.05) is 18.6 Å². The predicted molar refractivity (Wildman–Crippen MR) is 165 cm³/mol. The number of aryl methyl sites for hydroxylation is 1. The highest BCUT2D eigenvalue weighted by molar-refractivity contribution is 6.01. The Morgan fingerprint density at radius 2 is 1.70 bits per heavy atom. The molecule has 0 saturated carbocycles. The molecule has 226 valence electrons. The molecule has 1 heterocycles. The molecule has 43 heavy (non-hydrogen) atoms. The maximum atomic E-state index is 13.8. The van der Waals surface area contributed by atoms with Gasteiger partial charge in [-0.05, 0) is 67.5 Å². The Hall–Kier alpha value is -4.70. The SMILES string of the molecule is CCOC(=O)N(C)C(=O)NCc1ccccc1-c1ccc(CN2C(=O)[C@H](NC(=O)C(C)(C)N)CCc3ccccc32)cc1. The Labute approximate surface area is 252 Å². The highest BCUT2D eigenvalue weighted by Crippen LogP contribution is 2.30. The molecule has 0 radical (unpaired) electrons. The Morgan fingerprint density at radius 3 is 2.40 bits per heavy atom. The number of hydrogen-bond acceptors (Lipinski definition) is 6. The molecule has 0 spiro atoms. The summed E-state index contributed by atoms with van der Waals surface area (Å²) in [6.45, 7) is 5.63. The van der Waals surface area contributed by atoms with Crippen molar-refractivity contribution in [1.82, 2.24) is 15.5 Å². The predicted octanol–water partition coefficient (Wildman–Crippen LogP) is 4.35. The number of rotatable bonds is 8. The highest BCUT2D eigenvalue weighted by Gasteiger charge is 2.34. The van der Waals surface area contributed by atoms with Crippen LogP contribution in [-0.2, 0) is 33.8 Å². The molecule has 4 N–H and O–H groups in total. The van der Waals surface area contributed by atoms with Crippen LogP contribution >= 0.6 is 0 Å². The molecule has 1 aliphatic rings. The van der Waals surface area contributed by atoms with Crippen LogP contribution in [0.25, 0.3) is 11.1 Å². The smallest absolute Gasteiger partial charge is 0.417 e. The third kappa shape index (κ3) is 7.58. The number of para-hydroxylation sites is 1. The van der Waals surface area contributed by atoms with Crippen LogP contribution in [0, 0.1) is 0 Å². The molecule has 0 aromatic heterocycles. The van der Waals surface area contributed by atoms with E-state index in [0.29, 0.717) is 19.4 Å². The van der Waals surface area contributed by atoms with Gasteiger partial charge in [-0.2, -0.15) is 0 Å². The number of benzene rings is 3. The molecule has 10 heteroatoms. The first kappa shape index (κ1) is 31.2. The van der Waals surface area contributed by atoms with E-state index >= 15 is 0 Å². The minimum atomic E-state index is -1.10. The van der Waals surface area contributed by atoms with Gasteiger partial charge >= 0.3 is 12.1 Å². The summed E-state index contributed by atoms with van der Waals surface area (Å²) in [5.41, 5.74) is 10.4. The second-order valence-electron chi connectivity index (χ2n) is 11.1. The normalized spacial score (nSPS) is 14.8. The summed E-state index contributed by atoms with van der Waals surface area (Å²) >= 11 is 0. The van der Waals surface area contributed by atoms with Crippen LogP contribution < -0.4 is 21.3 Å². The lowest BCUT2D eigenvalue weighted by molar-refractivity contribution is -0.130. The number of urea groups is 1. The monoisotopic (exact) mass is 585 g/mol. The van der Waals surface area contributed by atoms with Gasteiger partial charge in [-0.3, -0.25) is 9.59 Å². The van der Waals surface area contributed by atoms with Crippen LogP contribution in [-0.4, -0.2) is 54.1 Å². The van der Waals surface area contributed by atoms with E-state index in [1.165, 1.54) is 7.05 Å². The summed E-state index contributed by atoms with van der Waals surface area (Å²) in [5, 5.41) is 5.63. The molecular weight excluding hydrogens is 546 g/mol. The van der Waals surface area contributed by atoms with Crippen LogP contribution in [0.1, 0.15) is 43.9 Å². The molecule has 4 rings (SSSR count). The lowest BCUT2D eigenvalue weighted by Crippen LogP contribution is -2.56. The summed E-state index contributed by atoms with van der Waals surface area (Å²) in [6.07, 6.45) is 0.415. The standard InChI is InChI=1S/C33H39N5O5/c1-5-43-32(42)37(4)31(41)35-20-25-11-6-8-12-26(25)23-16-14-22(15-17-23)21-38-28-13-9-7-10-24(28)18-19-27(29(38)39)36-30(40)33(2,3)34/h6-17,27H,5,18-21,34H2,1-4H3,(H,35,41)(H,36,40)/t27-/m1/s1. The molecule has 10 nitrogen and oxygen atoms in total. The van der Waals surface area contributed by atoms with Crippen LogP contribution in [0.2, 0.25) is 0 Å². The van der Waals surface area contributed by atoms with Gasteiger partial charge in [0, 0.05) is 19.3 Å². The zero-order chi connectivity index (χ0) is 31.1. The molecule has 0 bridgehead atoms. The van der Waals surface area contributed by atoms with E-state index in [-0.39, 0.29) is 25.0 Å². The first-order chi connectivity index (χ1) is 20.5. The Bertz CT molecular complexity index is 1480. The van der Waals surface area contributed by atoms with Crippen molar-refractivity contribution in [2.24, 2.45) is 5.73 Å². The number of ether oxygens (including phenoxy) is 1. The lowest BCUT2D eigenvalue weighted by atomic mass is 9.98. The molecule has 5 amide bonds. The summed E-state index contributed by atoms with van der Waals surface area (Å²) in [7, 11) is 1.36. The zero-order valence-corrected chi connectivity index (χ0v) is 25.1. The topological polar surface area (TPSA) is 134 Å². The number of carbonyl (C=O) groups excluding carboxylic acids is 4. The second kappa shape index (κ2) is 13.5. The van der Waals surface area contributed by atoms with E-state index in [0.717, 1.165) is 38.4 Å². The zero-order valence-electron chi connectivity index (χ0n) is 25.1. The molecular formula is C33H39N5O5. The number of nitrogens with one attached hydrogen (secondary N) is 2. The fourth-order valence-electron chi connectivity index (χ4n) is 4.88. The first-order valence-electron chi connectivity index (χ1n) is 14.3. The van der Waals surface area contributed by atoms with E-state index in [1.807, 2.05) is 72.8 Å². The Balaban J connectivity index is 1.52. The van der Waals surface area contributed by atoms with Gasteiger partial charge in [0.2, 0.25) is 11.8 Å². The van der Waals surface area contributed by atoms with E-state index in [4.69, 9.17) is 10.5 Å². The van der Waals surface area contributed by atoms with Crippen molar-refractivity contribution in [2.45, 2.75) is 58.3 Å². The van der Waals surface area contributed by atoms with Crippen LogP contribution in [0.4, 0.5) is 15.3 Å². The summed E-state index contributed by atoms with van der Waals surface area (Å²) in [5.74, 6) is -0.552. The van der Waals surface area contributed by atoms with Gasteiger partial charge in [0.1, 0.15) is 6.04 Å². The fourth-order valence-corrected chi connectivity index (χ4v) is 4.88. The maximum absolute atomic E-state index is 13.8. The number of hydrogen-bond donors (Lipinski definition) is 3. The molecule has 3 aromatic rings. The Morgan fingerprint density at radius 1 is 1.02 bits per heavy atom. The van der Waals surface area contributed by atoms with Crippen LogP contribution in [0.3, 0.4) is 0 Å². The summed E-state index contributed by atoms with van der Waals surface area (Å²) in [6, 6.07) is 22.1. The number of fused-ring (bicyclic) bond motifs is 1.